The molecule has 170 valence electrons. The van der Waals surface area contributed by atoms with Gasteiger partial charge in [0.25, 0.3) is 11.8 Å². The van der Waals surface area contributed by atoms with Crippen molar-refractivity contribution >= 4 is 23.2 Å². The molecule has 1 heterocycles. The Kier molecular flexibility index (Phi) is 6.78. The maximum Gasteiger partial charge on any atom is 0.257 e. The molecule has 4 rings (SSSR count). The van der Waals surface area contributed by atoms with Crippen LogP contribution in [-0.2, 0) is 6.42 Å². The first kappa shape index (κ1) is 22.6. The second-order valence-corrected chi connectivity index (χ2v) is 8.84. The molecule has 0 bridgehead atoms. The first-order valence-electron chi connectivity index (χ1n) is 11.6. The highest BCUT2D eigenvalue weighted by molar-refractivity contribution is 6.12. The van der Waals surface area contributed by atoms with Crippen molar-refractivity contribution < 1.29 is 9.59 Å². The molecule has 0 fully saturated rings. The van der Waals surface area contributed by atoms with Gasteiger partial charge in [-0.3, -0.25) is 9.59 Å². The highest BCUT2D eigenvalue weighted by Gasteiger charge is 2.24. The maximum absolute atomic E-state index is 13.3. The van der Waals surface area contributed by atoms with Crippen LogP contribution in [0.1, 0.15) is 62.2 Å². The Morgan fingerprint density at radius 1 is 1.00 bits per heavy atom. The van der Waals surface area contributed by atoms with E-state index in [2.05, 4.69) is 28.9 Å². The number of carbonyl (C=O) groups is 2. The third-order valence-corrected chi connectivity index (χ3v) is 6.26. The number of carbonyl (C=O) groups excluding carboxylic acids is 2. The van der Waals surface area contributed by atoms with Crippen LogP contribution in [0.25, 0.3) is 0 Å². The molecule has 3 N–H and O–H groups in total. The summed E-state index contributed by atoms with van der Waals surface area (Å²) in [6, 6.07) is 19.7. The van der Waals surface area contributed by atoms with Crippen LogP contribution >= 0.6 is 0 Å². The van der Waals surface area contributed by atoms with Crippen molar-refractivity contribution in [2.45, 2.75) is 39.5 Å². The molecule has 5 heteroatoms. The number of fused-ring (bicyclic) bond motifs is 1. The summed E-state index contributed by atoms with van der Waals surface area (Å²) in [6.45, 7) is 7.46. The zero-order chi connectivity index (χ0) is 23.4. The molecule has 0 radical (unpaired) electrons. The lowest BCUT2D eigenvalue weighted by Crippen LogP contribution is -2.28. The summed E-state index contributed by atoms with van der Waals surface area (Å²) in [5.74, 6) is 0.00968. The molecule has 3 aromatic rings. The van der Waals surface area contributed by atoms with E-state index < -0.39 is 0 Å². The van der Waals surface area contributed by atoms with Gasteiger partial charge in [-0.05, 0) is 67.0 Å². The molecule has 1 unspecified atom stereocenters. The zero-order valence-electron chi connectivity index (χ0n) is 19.5. The smallest absolute Gasteiger partial charge is 0.257 e. The van der Waals surface area contributed by atoms with E-state index in [9.17, 15) is 9.59 Å². The highest BCUT2D eigenvalue weighted by atomic mass is 16.2. The average molecular weight is 442 g/mol. The lowest BCUT2D eigenvalue weighted by atomic mass is 9.89. The summed E-state index contributed by atoms with van der Waals surface area (Å²) in [4.78, 5) is 26.4. The second-order valence-electron chi connectivity index (χ2n) is 8.84. The van der Waals surface area contributed by atoms with Crippen molar-refractivity contribution in [1.82, 2.24) is 5.32 Å². The Morgan fingerprint density at radius 3 is 2.58 bits per heavy atom. The van der Waals surface area contributed by atoms with Crippen LogP contribution in [0.2, 0.25) is 0 Å². The fraction of sp³-hybridized carbons (Fsp3) is 0.286. The number of hydrogen-bond donors (Lipinski definition) is 3. The monoisotopic (exact) mass is 441 g/mol. The number of hydrogen-bond acceptors (Lipinski definition) is 3. The van der Waals surface area contributed by atoms with Gasteiger partial charge in [-0.1, -0.05) is 55.5 Å². The van der Waals surface area contributed by atoms with Crippen molar-refractivity contribution in [1.29, 1.82) is 0 Å². The minimum absolute atomic E-state index is 0.183. The Bertz CT molecular complexity index is 1170. The van der Waals surface area contributed by atoms with E-state index in [1.54, 1.807) is 6.07 Å². The molecule has 0 aromatic heterocycles. The Balaban J connectivity index is 1.54. The molecule has 3 aromatic carbocycles. The molecule has 1 atom stereocenters. The SMILES string of the molecule is Cc1cc(C(=O)Nc2cccc(C)c2C(=O)NCCc2ccccc2)c2c(c1)C(C)CCN2. The van der Waals surface area contributed by atoms with Crippen LogP contribution < -0.4 is 16.0 Å². The molecular weight excluding hydrogens is 410 g/mol. The fourth-order valence-electron chi connectivity index (χ4n) is 4.47. The fourth-order valence-corrected chi connectivity index (χ4v) is 4.47. The number of aryl methyl sites for hydroxylation is 2. The summed E-state index contributed by atoms with van der Waals surface area (Å²) < 4.78 is 0. The maximum atomic E-state index is 13.3. The Labute approximate surface area is 195 Å². The summed E-state index contributed by atoms with van der Waals surface area (Å²) in [6.07, 6.45) is 1.79. The third-order valence-electron chi connectivity index (χ3n) is 6.26. The topological polar surface area (TPSA) is 70.2 Å². The quantitative estimate of drug-likeness (QED) is 0.477. The second kappa shape index (κ2) is 9.90. The van der Waals surface area contributed by atoms with Crippen LogP contribution in [0, 0.1) is 13.8 Å². The molecule has 0 aliphatic carbocycles. The van der Waals surface area contributed by atoms with Gasteiger partial charge in [0.2, 0.25) is 0 Å². The first-order valence-corrected chi connectivity index (χ1v) is 11.6. The number of anilines is 2. The van der Waals surface area contributed by atoms with Crippen molar-refractivity contribution in [3.05, 3.63) is 94.0 Å². The van der Waals surface area contributed by atoms with Crippen LogP contribution in [-0.4, -0.2) is 24.9 Å². The number of amides is 2. The van der Waals surface area contributed by atoms with Gasteiger partial charge in [-0.2, -0.15) is 0 Å². The van der Waals surface area contributed by atoms with Crippen LogP contribution in [0.4, 0.5) is 11.4 Å². The Morgan fingerprint density at radius 2 is 1.79 bits per heavy atom. The molecule has 5 nitrogen and oxygen atoms in total. The molecule has 2 amide bonds. The summed E-state index contributed by atoms with van der Waals surface area (Å²) in [5, 5.41) is 9.42. The normalized spacial score (nSPS) is 14.7. The lowest BCUT2D eigenvalue weighted by Gasteiger charge is -2.26. The van der Waals surface area contributed by atoms with Crippen molar-refractivity contribution in [3.8, 4) is 0 Å². The predicted octanol–water partition coefficient (Wildman–Crippen LogP) is 5.45. The zero-order valence-corrected chi connectivity index (χ0v) is 19.5. The minimum Gasteiger partial charge on any atom is -0.384 e. The largest absolute Gasteiger partial charge is 0.384 e. The van der Waals surface area contributed by atoms with Gasteiger partial charge in [0.05, 0.1) is 22.5 Å². The van der Waals surface area contributed by atoms with Gasteiger partial charge in [0, 0.05) is 13.1 Å². The molecular formula is C28H31N3O2. The summed E-state index contributed by atoms with van der Waals surface area (Å²) in [5.41, 5.74) is 6.77. The van der Waals surface area contributed by atoms with Crippen LogP contribution in [0.3, 0.4) is 0 Å². The lowest BCUT2D eigenvalue weighted by molar-refractivity contribution is 0.0954. The van der Waals surface area contributed by atoms with Crippen LogP contribution in [0.5, 0.6) is 0 Å². The van der Waals surface area contributed by atoms with E-state index >= 15 is 0 Å². The molecule has 33 heavy (non-hydrogen) atoms. The van der Waals surface area contributed by atoms with E-state index in [1.807, 2.05) is 62.4 Å². The molecule has 1 aliphatic heterocycles. The van der Waals surface area contributed by atoms with Crippen LogP contribution in [0.15, 0.2) is 60.7 Å². The third kappa shape index (κ3) is 5.08. The Hall–Kier alpha value is -3.60. The molecule has 0 saturated carbocycles. The van der Waals surface area contributed by atoms with Gasteiger partial charge in [-0.15, -0.1) is 0 Å². The molecule has 1 aliphatic rings. The van der Waals surface area contributed by atoms with E-state index in [0.717, 1.165) is 36.2 Å². The van der Waals surface area contributed by atoms with Gasteiger partial charge >= 0.3 is 0 Å². The summed E-state index contributed by atoms with van der Waals surface area (Å²) >= 11 is 0. The van der Waals surface area contributed by atoms with Crippen molar-refractivity contribution in [2.24, 2.45) is 0 Å². The number of benzene rings is 3. The van der Waals surface area contributed by atoms with E-state index in [1.165, 1.54) is 11.1 Å². The number of rotatable bonds is 6. The van der Waals surface area contributed by atoms with Gasteiger partial charge in [0.1, 0.15) is 0 Å². The van der Waals surface area contributed by atoms with E-state index in [4.69, 9.17) is 0 Å². The standard InChI is InChI=1S/C28H31N3O2/c1-18-16-22-19(2)12-14-29-26(22)23(17-18)27(32)31-24-11-7-8-20(3)25(24)28(33)30-15-13-21-9-5-4-6-10-21/h4-11,16-17,19,29H,12-15H2,1-3H3,(H,30,33)(H,31,32). The average Bonchev–Trinajstić information content (AvgIpc) is 2.80. The number of nitrogens with one attached hydrogen (secondary N) is 3. The van der Waals surface area contributed by atoms with Gasteiger partial charge < -0.3 is 16.0 Å². The molecule has 0 saturated heterocycles. The first-order chi connectivity index (χ1) is 15.9. The summed E-state index contributed by atoms with van der Waals surface area (Å²) in [7, 11) is 0. The van der Waals surface area contributed by atoms with Crippen molar-refractivity contribution in [3.63, 3.8) is 0 Å². The highest BCUT2D eigenvalue weighted by Crippen LogP contribution is 2.35. The minimum atomic E-state index is -0.208. The van der Waals surface area contributed by atoms with E-state index in [-0.39, 0.29) is 11.8 Å². The van der Waals surface area contributed by atoms with E-state index in [0.29, 0.717) is 29.3 Å². The van der Waals surface area contributed by atoms with Crippen molar-refractivity contribution in [2.75, 3.05) is 23.7 Å². The molecule has 0 spiro atoms. The van der Waals surface area contributed by atoms with Gasteiger partial charge in [-0.25, -0.2) is 0 Å². The predicted molar refractivity (Wildman–Crippen MR) is 134 cm³/mol. The van der Waals surface area contributed by atoms with Gasteiger partial charge in [0.15, 0.2) is 0 Å².